The second kappa shape index (κ2) is 9.05. The Morgan fingerprint density at radius 3 is 2.38 bits per heavy atom. The van der Waals surface area contributed by atoms with Gasteiger partial charge >= 0.3 is 6.61 Å². The predicted octanol–water partition coefficient (Wildman–Crippen LogP) is 3.56. The molecule has 26 heavy (non-hydrogen) atoms. The summed E-state index contributed by atoms with van der Waals surface area (Å²) in [6, 6.07) is 13.1. The lowest BCUT2D eigenvalue weighted by molar-refractivity contribution is -0.117. The number of halogens is 2. The van der Waals surface area contributed by atoms with Crippen molar-refractivity contribution in [3.63, 3.8) is 0 Å². The van der Waals surface area contributed by atoms with E-state index in [1.807, 2.05) is 0 Å². The maximum Gasteiger partial charge on any atom is 0.387 e. The van der Waals surface area contributed by atoms with Crippen LogP contribution < -0.4 is 10.1 Å². The molecule has 0 bridgehead atoms. The van der Waals surface area contributed by atoms with Gasteiger partial charge in [-0.1, -0.05) is 24.3 Å². The number of amides is 1. The molecule has 0 spiro atoms. The van der Waals surface area contributed by atoms with Gasteiger partial charge in [0.1, 0.15) is 5.75 Å². The van der Waals surface area contributed by atoms with Crippen LogP contribution in [-0.2, 0) is 11.3 Å². The van der Waals surface area contributed by atoms with Gasteiger partial charge < -0.3 is 10.1 Å². The smallest absolute Gasteiger partial charge is 0.387 e. The predicted molar refractivity (Wildman–Crippen MR) is 94.5 cm³/mol. The standard InChI is InChI=1S/C19H20F2N2O3/c1-13(24)16-5-3-4-6-17(16)22-18(25)12-23(2)11-14-7-9-15(10-8-14)26-19(20)21/h3-10,19H,11-12H2,1-2H3,(H,22,25). The van der Waals surface area contributed by atoms with E-state index in [1.165, 1.54) is 19.1 Å². The minimum Gasteiger partial charge on any atom is -0.435 e. The molecular weight excluding hydrogens is 342 g/mol. The van der Waals surface area contributed by atoms with Crippen molar-refractivity contribution >= 4 is 17.4 Å². The lowest BCUT2D eigenvalue weighted by Gasteiger charge is -2.17. The van der Waals surface area contributed by atoms with Crippen LogP contribution in [0.4, 0.5) is 14.5 Å². The summed E-state index contributed by atoms with van der Waals surface area (Å²) in [6.07, 6.45) is 0. The maximum absolute atomic E-state index is 12.2. The number of para-hydroxylation sites is 1. The van der Waals surface area contributed by atoms with Crippen LogP contribution in [-0.4, -0.2) is 36.8 Å². The Balaban J connectivity index is 1.90. The summed E-state index contributed by atoms with van der Waals surface area (Å²) in [5.74, 6) is -0.288. The molecule has 0 saturated heterocycles. The third-order valence-electron chi connectivity index (χ3n) is 3.59. The average molecular weight is 362 g/mol. The van der Waals surface area contributed by atoms with Gasteiger partial charge in [0.25, 0.3) is 0 Å². The van der Waals surface area contributed by atoms with Gasteiger partial charge in [-0.2, -0.15) is 8.78 Å². The van der Waals surface area contributed by atoms with Crippen molar-refractivity contribution in [2.45, 2.75) is 20.1 Å². The number of rotatable bonds is 8. The zero-order valence-corrected chi connectivity index (χ0v) is 14.5. The number of benzene rings is 2. The van der Waals surface area contributed by atoms with E-state index in [2.05, 4.69) is 10.1 Å². The number of ketones is 1. The van der Waals surface area contributed by atoms with Crippen LogP contribution in [0.3, 0.4) is 0 Å². The molecule has 0 aliphatic heterocycles. The molecule has 0 aliphatic carbocycles. The molecular formula is C19H20F2N2O3. The van der Waals surface area contributed by atoms with E-state index in [0.717, 1.165) is 5.56 Å². The molecule has 7 heteroatoms. The molecule has 2 aromatic rings. The first-order valence-electron chi connectivity index (χ1n) is 7.97. The number of carbonyl (C=O) groups is 2. The molecule has 2 aromatic carbocycles. The van der Waals surface area contributed by atoms with Gasteiger partial charge in [0.05, 0.1) is 12.2 Å². The van der Waals surface area contributed by atoms with E-state index < -0.39 is 6.61 Å². The molecule has 0 radical (unpaired) electrons. The minimum atomic E-state index is -2.86. The highest BCUT2D eigenvalue weighted by Gasteiger charge is 2.12. The molecule has 0 fully saturated rings. The van der Waals surface area contributed by atoms with E-state index in [9.17, 15) is 18.4 Å². The SMILES string of the molecule is CC(=O)c1ccccc1NC(=O)CN(C)Cc1ccc(OC(F)F)cc1. The second-order valence-electron chi connectivity index (χ2n) is 5.84. The maximum atomic E-state index is 12.2. The Morgan fingerprint density at radius 2 is 1.77 bits per heavy atom. The number of ether oxygens (including phenoxy) is 1. The van der Waals surface area contributed by atoms with Crippen LogP contribution in [0.5, 0.6) is 5.75 Å². The summed E-state index contributed by atoms with van der Waals surface area (Å²) in [5, 5.41) is 2.73. The number of anilines is 1. The molecule has 0 aromatic heterocycles. The number of likely N-dealkylation sites (N-methyl/N-ethyl adjacent to an activating group) is 1. The zero-order valence-electron chi connectivity index (χ0n) is 14.5. The number of hydrogen-bond acceptors (Lipinski definition) is 4. The first-order valence-corrected chi connectivity index (χ1v) is 7.97. The van der Waals surface area contributed by atoms with Crippen molar-refractivity contribution in [3.8, 4) is 5.75 Å². The first-order chi connectivity index (χ1) is 12.3. The number of alkyl halides is 2. The summed E-state index contributed by atoms with van der Waals surface area (Å²) in [6.45, 7) is -0.846. The monoisotopic (exact) mass is 362 g/mol. The molecule has 0 saturated carbocycles. The molecule has 0 heterocycles. The zero-order chi connectivity index (χ0) is 19.1. The normalized spacial score (nSPS) is 10.8. The highest BCUT2D eigenvalue weighted by molar-refractivity contribution is 6.04. The van der Waals surface area contributed by atoms with E-state index >= 15 is 0 Å². The topological polar surface area (TPSA) is 58.6 Å². The van der Waals surface area contributed by atoms with Gasteiger partial charge in [0.2, 0.25) is 5.91 Å². The first kappa shape index (κ1) is 19.5. The summed E-state index contributed by atoms with van der Waals surface area (Å²) in [7, 11) is 1.76. The van der Waals surface area contributed by atoms with E-state index in [1.54, 1.807) is 48.3 Å². The van der Waals surface area contributed by atoms with Crippen LogP contribution in [0.15, 0.2) is 48.5 Å². The summed E-state index contributed by atoms with van der Waals surface area (Å²) in [4.78, 5) is 25.6. The van der Waals surface area contributed by atoms with Gasteiger partial charge in [0, 0.05) is 12.1 Å². The Morgan fingerprint density at radius 1 is 1.12 bits per heavy atom. The van der Waals surface area contributed by atoms with E-state index in [0.29, 0.717) is 17.8 Å². The number of nitrogens with one attached hydrogen (secondary N) is 1. The van der Waals surface area contributed by atoms with E-state index in [-0.39, 0.29) is 24.0 Å². The summed E-state index contributed by atoms with van der Waals surface area (Å²) in [5.41, 5.74) is 1.79. The Hall–Kier alpha value is -2.80. The lowest BCUT2D eigenvalue weighted by atomic mass is 10.1. The van der Waals surface area contributed by atoms with Gasteiger partial charge in [-0.15, -0.1) is 0 Å². The minimum absolute atomic E-state index is 0.0879. The van der Waals surface area contributed by atoms with Gasteiger partial charge in [-0.3, -0.25) is 14.5 Å². The molecule has 5 nitrogen and oxygen atoms in total. The Labute approximate surface area is 150 Å². The summed E-state index contributed by atoms with van der Waals surface area (Å²) >= 11 is 0. The third kappa shape index (κ3) is 5.93. The number of carbonyl (C=O) groups excluding carboxylic acids is 2. The van der Waals surface area contributed by atoms with Crippen LogP contribution in [0, 0.1) is 0 Å². The second-order valence-corrected chi connectivity index (χ2v) is 5.84. The number of nitrogens with zero attached hydrogens (tertiary/aromatic N) is 1. The van der Waals surface area contributed by atoms with Crippen LogP contribution in [0.2, 0.25) is 0 Å². The fourth-order valence-corrected chi connectivity index (χ4v) is 2.48. The summed E-state index contributed by atoms with van der Waals surface area (Å²) < 4.78 is 28.6. The van der Waals surface area contributed by atoms with Crippen molar-refractivity contribution in [2.24, 2.45) is 0 Å². The van der Waals surface area contributed by atoms with Crippen molar-refractivity contribution in [3.05, 3.63) is 59.7 Å². The van der Waals surface area contributed by atoms with Gasteiger partial charge in [-0.25, -0.2) is 0 Å². The van der Waals surface area contributed by atoms with Crippen molar-refractivity contribution in [1.82, 2.24) is 4.90 Å². The molecule has 1 amide bonds. The van der Waals surface area contributed by atoms with Crippen LogP contribution in [0.1, 0.15) is 22.8 Å². The molecule has 2 rings (SSSR count). The molecule has 0 aliphatic rings. The fraction of sp³-hybridized carbons (Fsp3) is 0.263. The van der Waals surface area contributed by atoms with E-state index in [4.69, 9.17) is 0 Å². The van der Waals surface area contributed by atoms with Crippen LogP contribution in [0.25, 0.3) is 0 Å². The van der Waals surface area contributed by atoms with Crippen molar-refractivity contribution < 1.29 is 23.1 Å². The highest BCUT2D eigenvalue weighted by Crippen LogP contribution is 2.17. The molecule has 0 atom stereocenters. The lowest BCUT2D eigenvalue weighted by Crippen LogP contribution is -2.30. The largest absolute Gasteiger partial charge is 0.435 e. The Bertz CT molecular complexity index is 764. The quantitative estimate of drug-likeness (QED) is 0.730. The molecule has 0 unspecified atom stereocenters. The number of hydrogen-bond donors (Lipinski definition) is 1. The third-order valence-corrected chi connectivity index (χ3v) is 3.59. The van der Waals surface area contributed by atoms with Crippen LogP contribution >= 0.6 is 0 Å². The highest BCUT2D eigenvalue weighted by atomic mass is 19.3. The molecule has 138 valence electrons. The average Bonchev–Trinajstić information content (AvgIpc) is 2.56. The van der Waals surface area contributed by atoms with Crippen molar-refractivity contribution in [1.29, 1.82) is 0 Å². The number of Topliss-reactive ketones (excluding diaryl/α,β-unsaturated/α-hetero) is 1. The van der Waals surface area contributed by atoms with Gasteiger partial charge in [-0.05, 0) is 43.8 Å². The molecule has 1 N–H and O–H groups in total. The Kier molecular flexibility index (Phi) is 6.80. The van der Waals surface area contributed by atoms with Crippen molar-refractivity contribution in [2.75, 3.05) is 18.9 Å². The fourth-order valence-electron chi connectivity index (χ4n) is 2.48. The van der Waals surface area contributed by atoms with Gasteiger partial charge in [0.15, 0.2) is 5.78 Å².